The van der Waals surface area contributed by atoms with Gasteiger partial charge in [0.2, 0.25) is 0 Å². The fourth-order valence-electron chi connectivity index (χ4n) is 4.02. The van der Waals surface area contributed by atoms with Crippen LogP contribution in [0.4, 0.5) is 18.9 Å². The molecule has 1 saturated heterocycles. The minimum Gasteiger partial charge on any atom is -0.508 e. The molecule has 0 bridgehead atoms. The number of nitriles is 1. The fourth-order valence-corrected chi connectivity index (χ4v) is 4.17. The van der Waals surface area contributed by atoms with Crippen molar-refractivity contribution in [3.63, 3.8) is 0 Å². The summed E-state index contributed by atoms with van der Waals surface area (Å²) in [6, 6.07) is 8.21. The third kappa shape index (κ3) is 4.34. The van der Waals surface area contributed by atoms with Crippen LogP contribution in [0, 0.1) is 11.3 Å². The molecule has 1 N–H and O–H groups in total. The second-order valence-corrected chi connectivity index (χ2v) is 8.19. The zero-order chi connectivity index (χ0) is 23.9. The van der Waals surface area contributed by atoms with E-state index in [-0.39, 0.29) is 17.3 Å². The summed E-state index contributed by atoms with van der Waals surface area (Å²) in [5.74, 6) is -0.407. The Bertz CT molecular complexity index is 1320. The van der Waals surface area contributed by atoms with E-state index < -0.39 is 23.0 Å². The number of halogens is 4. The number of hydrogen-bond donors (Lipinski definition) is 1. The number of aromatic hydroxyl groups is 1. The lowest BCUT2D eigenvalue weighted by atomic mass is 10.1. The van der Waals surface area contributed by atoms with Crippen molar-refractivity contribution >= 4 is 28.3 Å². The lowest BCUT2D eigenvalue weighted by Gasteiger charge is -2.36. The number of pyridine rings is 2. The van der Waals surface area contributed by atoms with E-state index in [0.717, 1.165) is 12.1 Å². The van der Waals surface area contributed by atoms with Crippen LogP contribution in [0.2, 0.25) is 5.15 Å². The van der Waals surface area contributed by atoms with Crippen molar-refractivity contribution in [2.24, 2.45) is 7.05 Å². The molecule has 0 spiro atoms. The molecule has 0 radical (unpaired) electrons. The van der Waals surface area contributed by atoms with E-state index in [4.69, 9.17) is 11.6 Å². The van der Waals surface area contributed by atoms with Crippen molar-refractivity contribution in [2.45, 2.75) is 12.7 Å². The third-order valence-electron chi connectivity index (χ3n) is 5.79. The van der Waals surface area contributed by atoms with Gasteiger partial charge in [0, 0.05) is 45.3 Å². The number of anilines is 1. The first-order valence-electron chi connectivity index (χ1n) is 10.1. The molecule has 1 aliphatic heterocycles. The van der Waals surface area contributed by atoms with E-state index in [2.05, 4.69) is 4.98 Å². The van der Waals surface area contributed by atoms with Crippen molar-refractivity contribution in [2.75, 3.05) is 31.1 Å². The van der Waals surface area contributed by atoms with E-state index in [1.165, 1.54) is 10.6 Å². The number of aromatic nitrogens is 2. The first-order valence-corrected chi connectivity index (χ1v) is 10.4. The van der Waals surface area contributed by atoms with Gasteiger partial charge in [0.1, 0.15) is 28.1 Å². The van der Waals surface area contributed by atoms with Gasteiger partial charge in [0.25, 0.3) is 5.56 Å². The van der Waals surface area contributed by atoms with Crippen molar-refractivity contribution in [3.8, 4) is 11.8 Å². The monoisotopic (exact) mass is 477 g/mol. The molecule has 3 aromatic rings. The van der Waals surface area contributed by atoms with Gasteiger partial charge in [0.15, 0.2) is 0 Å². The third-order valence-corrected chi connectivity index (χ3v) is 6.00. The predicted molar refractivity (Wildman–Crippen MR) is 117 cm³/mol. The summed E-state index contributed by atoms with van der Waals surface area (Å²) < 4.78 is 39.8. The van der Waals surface area contributed by atoms with Crippen LogP contribution in [0.5, 0.6) is 5.75 Å². The average molecular weight is 478 g/mol. The van der Waals surface area contributed by atoms with Crippen LogP contribution in [0.25, 0.3) is 11.0 Å². The molecule has 33 heavy (non-hydrogen) atoms. The molecule has 7 nitrogen and oxygen atoms in total. The first-order chi connectivity index (χ1) is 15.6. The predicted octanol–water partition coefficient (Wildman–Crippen LogP) is 3.51. The van der Waals surface area contributed by atoms with Gasteiger partial charge in [-0.2, -0.15) is 18.4 Å². The van der Waals surface area contributed by atoms with Gasteiger partial charge in [-0.3, -0.25) is 9.69 Å². The molecule has 1 aromatic carbocycles. The van der Waals surface area contributed by atoms with Crippen LogP contribution in [-0.2, 0) is 19.8 Å². The SMILES string of the molecule is Cn1c(=O)c(C#N)c(N2CCN(Cc3ccc(C(F)(F)F)cc3O)CC2)c2nc(Cl)ccc21. The molecular weight excluding hydrogens is 459 g/mol. The molecular formula is C22H19ClF3N5O2. The number of aryl methyl sites for hydroxylation is 1. The van der Waals surface area contributed by atoms with Gasteiger partial charge in [-0.15, -0.1) is 0 Å². The highest BCUT2D eigenvalue weighted by Gasteiger charge is 2.31. The van der Waals surface area contributed by atoms with Gasteiger partial charge in [-0.25, -0.2) is 4.98 Å². The standard InChI is InChI=1S/C22H19ClF3N5O2/c1-29-16-4-5-18(23)28-19(16)20(15(11-27)21(29)33)31-8-6-30(7-9-31)12-13-2-3-14(10-17(13)32)22(24,25)26/h2-5,10,32H,6-9,12H2,1H3. The molecule has 172 valence electrons. The van der Waals surface area contributed by atoms with Crippen LogP contribution in [-0.4, -0.2) is 45.7 Å². The van der Waals surface area contributed by atoms with E-state index in [9.17, 15) is 28.3 Å². The van der Waals surface area contributed by atoms with E-state index in [0.29, 0.717) is 48.5 Å². The maximum absolute atomic E-state index is 12.8. The smallest absolute Gasteiger partial charge is 0.416 e. The molecule has 11 heteroatoms. The summed E-state index contributed by atoms with van der Waals surface area (Å²) in [6.45, 7) is 2.18. The molecule has 0 amide bonds. The molecule has 0 aliphatic carbocycles. The Morgan fingerprint density at radius 1 is 1.18 bits per heavy atom. The van der Waals surface area contributed by atoms with E-state index in [1.807, 2.05) is 15.9 Å². The largest absolute Gasteiger partial charge is 0.508 e. The zero-order valence-corrected chi connectivity index (χ0v) is 18.3. The summed E-state index contributed by atoms with van der Waals surface area (Å²) >= 11 is 6.08. The van der Waals surface area contributed by atoms with Gasteiger partial charge < -0.3 is 14.6 Å². The Morgan fingerprint density at radius 2 is 1.88 bits per heavy atom. The van der Waals surface area contributed by atoms with Crippen LogP contribution >= 0.6 is 11.6 Å². The van der Waals surface area contributed by atoms with Gasteiger partial charge in [-0.05, 0) is 24.3 Å². The number of phenols is 1. The number of benzene rings is 1. The van der Waals surface area contributed by atoms with Crippen molar-refractivity contribution in [3.05, 3.63) is 62.5 Å². The minimum atomic E-state index is -4.52. The fraction of sp³-hybridized carbons (Fsp3) is 0.318. The number of fused-ring (bicyclic) bond motifs is 1. The van der Waals surface area contributed by atoms with E-state index in [1.54, 1.807) is 19.2 Å². The molecule has 0 atom stereocenters. The summed E-state index contributed by atoms with van der Waals surface area (Å²) in [5, 5.41) is 20.0. The first kappa shape index (κ1) is 22.9. The lowest BCUT2D eigenvalue weighted by Crippen LogP contribution is -2.47. The number of nitrogens with zero attached hydrogens (tertiary/aromatic N) is 5. The second-order valence-electron chi connectivity index (χ2n) is 7.81. The Balaban J connectivity index is 1.58. The number of alkyl halides is 3. The Hall–Kier alpha value is -3.29. The van der Waals surface area contributed by atoms with Crippen molar-refractivity contribution in [1.82, 2.24) is 14.5 Å². The quantitative estimate of drug-likeness (QED) is 0.581. The highest BCUT2D eigenvalue weighted by atomic mass is 35.5. The number of piperazine rings is 1. The molecule has 1 fully saturated rings. The molecule has 4 rings (SSSR count). The van der Waals surface area contributed by atoms with Crippen LogP contribution in [0.15, 0.2) is 35.1 Å². The van der Waals surface area contributed by atoms with Gasteiger partial charge in [0.05, 0.1) is 16.8 Å². The minimum absolute atomic E-state index is 0.0198. The average Bonchev–Trinajstić information content (AvgIpc) is 2.77. The molecule has 0 saturated carbocycles. The number of hydrogen-bond acceptors (Lipinski definition) is 6. The molecule has 0 unspecified atom stereocenters. The summed E-state index contributed by atoms with van der Waals surface area (Å²) in [7, 11) is 1.57. The van der Waals surface area contributed by atoms with Gasteiger partial charge in [-0.1, -0.05) is 17.7 Å². The Morgan fingerprint density at radius 3 is 2.48 bits per heavy atom. The molecule has 1 aliphatic rings. The highest BCUT2D eigenvalue weighted by Crippen LogP contribution is 2.33. The zero-order valence-electron chi connectivity index (χ0n) is 17.5. The topological polar surface area (TPSA) is 85.4 Å². The Labute approximate surface area is 191 Å². The number of phenolic OH excluding ortho intramolecular Hbond substituents is 1. The van der Waals surface area contributed by atoms with Crippen molar-refractivity contribution in [1.29, 1.82) is 5.26 Å². The summed E-state index contributed by atoms with van der Waals surface area (Å²) in [6.07, 6.45) is -4.52. The second kappa shape index (κ2) is 8.57. The summed E-state index contributed by atoms with van der Waals surface area (Å²) in [5.41, 5.74) is 0.471. The molecule has 3 heterocycles. The maximum Gasteiger partial charge on any atom is 0.416 e. The van der Waals surface area contributed by atoms with Crippen LogP contribution in [0.1, 0.15) is 16.7 Å². The van der Waals surface area contributed by atoms with E-state index >= 15 is 0 Å². The maximum atomic E-state index is 12.8. The summed E-state index contributed by atoms with van der Waals surface area (Å²) in [4.78, 5) is 21.0. The lowest BCUT2D eigenvalue weighted by molar-refractivity contribution is -0.137. The number of rotatable bonds is 3. The Kier molecular flexibility index (Phi) is 5.95. The normalized spacial score (nSPS) is 15.1. The van der Waals surface area contributed by atoms with Crippen LogP contribution in [0.3, 0.4) is 0 Å². The molecule has 2 aromatic heterocycles. The highest BCUT2D eigenvalue weighted by molar-refractivity contribution is 6.29. The van der Waals surface area contributed by atoms with Crippen molar-refractivity contribution < 1.29 is 18.3 Å². The van der Waals surface area contributed by atoms with Crippen LogP contribution < -0.4 is 10.5 Å². The van der Waals surface area contributed by atoms with Gasteiger partial charge >= 0.3 is 6.18 Å².